The molecule has 0 aromatic heterocycles. The fourth-order valence-corrected chi connectivity index (χ4v) is 2.51. The van der Waals surface area contributed by atoms with E-state index >= 15 is 0 Å². The minimum Gasteiger partial charge on any atom is -0.508 e. The summed E-state index contributed by atoms with van der Waals surface area (Å²) in [5.74, 6) is 0.342. The van der Waals surface area contributed by atoms with Crippen molar-refractivity contribution < 1.29 is 5.11 Å². The van der Waals surface area contributed by atoms with Crippen LogP contribution in [0.4, 0.5) is 0 Å². The Labute approximate surface area is 133 Å². The van der Waals surface area contributed by atoms with Crippen LogP contribution >= 0.6 is 24.8 Å². The standard InChI is InChI=1S/C15H22N2O.2ClH/c1-12(2)10-15(17-8-6-16-7-9-17)13-4-3-5-14(18)11-13;;/h3-5,11,15-16,18H,1,6-10H2,2H3;2*1H/t15-;;/m1../s1. The third-order valence-electron chi connectivity index (χ3n) is 3.39. The van der Waals surface area contributed by atoms with Crippen LogP contribution in [0, 0.1) is 0 Å². The number of hydrogen-bond donors (Lipinski definition) is 2. The summed E-state index contributed by atoms with van der Waals surface area (Å²) in [6, 6.07) is 7.93. The Kier molecular flexibility index (Phi) is 8.90. The van der Waals surface area contributed by atoms with Crippen molar-refractivity contribution in [3.05, 3.63) is 42.0 Å². The molecule has 1 heterocycles. The maximum Gasteiger partial charge on any atom is 0.115 e. The fraction of sp³-hybridized carbons (Fsp3) is 0.467. The van der Waals surface area contributed by atoms with Crippen molar-refractivity contribution in [2.24, 2.45) is 0 Å². The van der Waals surface area contributed by atoms with Crippen molar-refractivity contribution in [2.45, 2.75) is 19.4 Å². The Morgan fingerprint density at radius 2 is 2.00 bits per heavy atom. The van der Waals surface area contributed by atoms with Crippen LogP contribution in [-0.2, 0) is 0 Å². The van der Waals surface area contributed by atoms with E-state index in [2.05, 4.69) is 29.8 Å². The van der Waals surface area contributed by atoms with Gasteiger partial charge in [-0.15, -0.1) is 31.4 Å². The van der Waals surface area contributed by atoms with E-state index < -0.39 is 0 Å². The summed E-state index contributed by atoms with van der Waals surface area (Å²) in [6.07, 6.45) is 0.948. The molecule has 0 bridgehead atoms. The van der Waals surface area contributed by atoms with Crippen molar-refractivity contribution in [1.82, 2.24) is 10.2 Å². The second-order valence-corrected chi connectivity index (χ2v) is 5.06. The van der Waals surface area contributed by atoms with Gasteiger partial charge in [-0.3, -0.25) is 4.90 Å². The van der Waals surface area contributed by atoms with Gasteiger partial charge in [0.2, 0.25) is 0 Å². The van der Waals surface area contributed by atoms with Crippen molar-refractivity contribution in [1.29, 1.82) is 0 Å². The Balaban J connectivity index is 0.00000180. The van der Waals surface area contributed by atoms with Gasteiger partial charge in [0.1, 0.15) is 5.75 Å². The van der Waals surface area contributed by atoms with Gasteiger partial charge < -0.3 is 10.4 Å². The second-order valence-electron chi connectivity index (χ2n) is 5.06. The third kappa shape index (κ3) is 5.33. The first-order valence-electron chi connectivity index (χ1n) is 6.55. The molecule has 0 amide bonds. The topological polar surface area (TPSA) is 35.5 Å². The van der Waals surface area contributed by atoms with Gasteiger partial charge in [0.25, 0.3) is 0 Å². The average Bonchev–Trinajstić information content (AvgIpc) is 2.37. The Morgan fingerprint density at radius 3 is 2.55 bits per heavy atom. The highest BCUT2D eigenvalue weighted by atomic mass is 35.5. The number of piperazine rings is 1. The van der Waals surface area contributed by atoms with Crippen molar-refractivity contribution in [3.8, 4) is 5.75 Å². The van der Waals surface area contributed by atoms with Crippen LogP contribution in [0.25, 0.3) is 0 Å². The molecule has 114 valence electrons. The molecule has 1 aromatic carbocycles. The van der Waals surface area contributed by atoms with Gasteiger partial charge in [-0.2, -0.15) is 0 Å². The smallest absolute Gasteiger partial charge is 0.115 e. The summed E-state index contributed by atoms with van der Waals surface area (Å²) in [4.78, 5) is 2.47. The lowest BCUT2D eigenvalue weighted by Crippen LogP contribution is -2.45. The summed E-state index contributed by atoms with van der Waals surface area (Å²) in [5.41, 5.74) is 2.36. The molecule has 0 unspecified atom stereocenters. The Bertz CT molecular complexity index is 420. The summed E-state index contributed by atoms with van der Waals surface area (Å²) >= 11 is 0. The van der Waals surface area contributed by atoms with Gasteiger partial charge >= 0.3 is 0 Å². The van der Waals surface area contributed by atoms with E-state index in [1.807, 2.05) is 12.1 Å². The molecule has 0 aliphatic carbocycles. The van der Waals surface area contributed by atoms with Crippen LogP contribution < -0.4 is 5.32 Å². The number of aromatic hydroxyl groups is 1. The van der Waals surface area contributed by atoms with Gasteiger partial charge in [0.05, 0.1) is 0 Å². The normalized spacial score (nSPS) is 16.6. The predicted octanol–water partition coefficient (Wildman–Crippen LogP) is 3.15. The highest BCUT2D eigenvalue weighted by molar-refractivity contribution is 5.85. The Hall–Kier alpha value is -0.740. The molecule has 20 heavy (non-hydrogen) atoms. The van der Waals surface area contributed by atoms with E-state index in [1.165, 1.54) is 11.1 Å². The summed E-state index contributed by atoms with van der Waals surface area (Å²) in [5, 5.41) is 13.0. The number of nitrogens with one attached hydrogen (secondary N) is 1. The van der Waals surface area contributed by atoms with E-state index in [9.17, 15) is 5.11 Å². The van der Waals surface area contributed by atoms with E-state index in [4.69, 9.17) is 0 Å². The zero-order chi connectivity index (χ0) is 13.0. The predicted molar refractivity (Wildman–Crippen MR) is 89.2 cm³/mol. The quantitative estimate of drug-likeness (QED) is 0.837. The molecule has 0 radical (unpaired) electrons. The molecular formula is C15H24Cl2N2O. The molecule has 1 saturated heterocycles. The lowest BCUT2D eigenvalue weighted by molar-refractivity contribution is 0.172. The molecule has 0 saturated carbocycles. The molecular weight excluding hydrogens is 295 g/mol. The molecule has 1 fully saturated rings. The van der Waals surface area contributed by atoms with E-state index in [0.29, 0.717) is 11.8 Å². The molecule has 1 atom stereocenters. The SMILES string of the molecule is C=C(C)C[C@H](c1cccc(O)c1)N1CCNCC1.Cl.Cl. The monoisotopic (exact) mass is 318 g/mol. The van der Waals surface area contributed by atoms with Gasteiger partial charge in [-0.1, -0.05) is 17.7 Å². The Morgan fingerprint density at radius 1 is 1.35 bits per heavy atom. The van der Waals surface area contributed by atoms with Crippen LogP contribution in [0.1, 0.15) is 24.9 Å². The van der Waals surface area contributed by atoms with Crippen LogP contribution in [0.15, 0.2) is 36.4 Å². The summed E-state index contributed by atoms with van der Waals surface area (Å²) in [7, 11) is 0. The van der Waals surface area contributed by atoms with E-state index in [1.54, 1.807) is 6.07 Å². The number of phenols is 1. The zero-order valence-corrected chi connectivity index (χ0v) is 13.5. The first-order chi connectivity index (χ1) is 8.66. The number of phenolic OH excluding ortho intramolecular Hbond substituents is 1. The van der Waals surface area contributed by atoms with Crippen LogP contribution in [-0.4, -0.2) is 36.2 Å². The molecule has 1 aromatic rings. The molecule has 3 nitrogen and oxygen atoms in total. The van der Waals surface area contributed by atoms with Crippen LogP contribution in [0.2, 0.25) is 0 Å². The largest absolute Gasteiger partial charge is 0.508 e. The second kappa shape index (κ2) is 9.24. The van der Waals surface area contributed by atoms with E-state index in [0.717, 1.165) is 32.6 Å². The number of nitrogens with zero attached hydrogens (tertiary/aromatic N) is 1. The number of rotatable bonds is 4. The van der Waals surface area contributed by atoms with Crippen LogP contribution in [0.3, 0.4) is 0 Å². The van der Waals surface area contributed by atoms with Gasteiger partial charge in [0.15, 0.2) is 0 Å². The van der Waals surface area contributed by atoms with Crippen LogP contribution in [0.5, 0.6) is 5.75 Å². The lowest BCUT2D eigenvalue weighted by atomic mass is 9.98. The summed E-state index contributed by atoms with van der Waals surface area (Å²) in [6.45, 7) is 10.3. The maximum absolute atomic E-state index is 9.64. The highest BCUT2D eigenvalue weighted by Crippen LogP contribution is 2.29. The third-order valence-corrected chi connectivity index (χ3v) is 3.39. The summed E-state index contributed by atoms with van der Waals surface area (Å²) < 4.78 is 0. The van der Waals surface area contributed by atoms with Crippen molar-refractivity contribution in [2.75, 3.05) is 26.2 Å². The van der Waals surface area contributed by atoms with Crippen molar-refractivity contribution >= 4 is 24.8 Å². The number of hydrogen-bond acceptors (Lipinski definition) is 3. The fourth-order valence-electron chi connectivity index (χ4n) is 2.51. The van der Waals surface area contributed by atoms with Gasteiger partial charge in [-0.25, -0.2) is 0 Å². The number of benzene rings is 1. The van der Waals surface area contributed by atoms with Crippen molar-refractivity contribution in [3.63, 3.8) is 0 Å². The molecule has 2 rings (SSSR count). The minimum atomic E-state index is 0. The lowest BCUT2D eigenvalue weighted by Gasteiger charge is -2.35. The van der Waals surface area contributed by atoms with E-state index in [-0.39, 0.29) is 24.8 Å². The first-order valence-corrected chi connectivity index (χ1v) is 6.55. The molecule has 2 N–H and O–H groups in total. The molecule has 5 heteroatoms. The maximum atomic E-state index is 9.64. The highest BCUT2D eigenvalue weighted by Gasteiger charge is 2.22. The molecule has 1 aliphatic heterocycles. The van der Waals surface area contributed by atoms with Gasteiger partial charge in [-0.05, 0) is 31.0 Å². The zero-order valence-electron chi connectivity index (χ0n) is 11.8. The van der Waals surface area contributed by atoms with Gasteiger partial charge in [0, 0.05) is 32.2 Å². The average molecular weight is 319 g/mol. The number of halogens is 2. The minimum absolute atomic E-state index is 0. The molecule has 1 aliphatic rings. The molecule has 0 spiro atoms. The first kappa shape index (κ1) is 19.3.